The smallest absolute Gasteiger partial charge is 0.239 e. The molecule has 0 aliphatic rings. The van der Waals surface area contributed by atoms with Crippen LogP contribution in [0.5, 0.6) is 0 Å². The van der Waals surface area contributed by atoms with Crippen LogP contribution in [0.3, 0.4) is 0 Å². The number of nitrogens with two attached hydrogens (primary N) is 1. The van der Waals surface area contributed by atoms with Gasteiger partial charge in [-0.25, -0.2) is 0 Å². The van der Waals surface area contributed by atoms with Crippen LogP contribution in [0.15, 0.2) is 17.5 Å². The second-order valence-corrected chi connectivity index (χ2v) is 4.87. The molecular formula is C11H17N3O2S. The zero-order valence-corrected chi connectivity index (χ0v) is 10.8. The van der Waals surface area contributed by atoms with Gasteiger partial charge in [-0.05, 0) is 18.4 Å². The van der Waals surface area contributed by atoms with E-state index in [1.807, 2.05) is 17.5 Å². The Bertz CT molecular complexity index is 376. The lowest BCUT2D eigenvalue weighted by molar-refractivity contribution is -0.135. The number of carbonyl (C=O) groups excluding carboxylic acids is 2. The summed E-state index contributed by atoms with van der Waals surface area (Å²) in [5.74, 6) is -0.425. The van der Waals surface area contributed by atoms with E-state index in [0.717, 1.165) is 4.88 Å². The molecule has 0 saturated carbocycles. The molecule has 0 aliphatic heterocycles. The maximum Gasteiger partial charge on any atom is 0.239 e. The van der Waals surface area contributed by atoms with Gasteiger partial charge >= 0.3 is 0 Å². The van der Waals surface area contributed by atoms with Gasteiger partial charge in [0, 0.05) is 11.9 Å². The van der Waals surface area contributed by atoms with Crippen molar-refractivity contribution in [2.75, 3.05) is 13.6 Å². The van der Waals surface area contributed by atoms with Crippen molar-refractivity contribution in [3.8, 4) is 0 Å². The lowest BCUT2D eigenvalue weighted by atomic mass is 10.3. The molecule has 1 aromatic rings. The fourth-order valence-electron chi connectivity index (χ4n) is 1.30. The van der Waals surface area contributed by atoms with Crippen LogP contribution in [0.2, 0.25) is 0 Å². The minimum absolute atomic E-state index is 0.0335. The fourth-order valence-corrected chi connectivity index (χ4v) is 1.94. The van der Waals surface area contributed by atoms with Crippen molar-refractivity contribution >= 4 is 23.2 Å². The first-order chi connectivity index (χ1) is 8.00. The second-order valence-electron chi connectivity index (χ2n) is 3.84. The van der Waals surface area contributed by atoms with Crippen molar-refractivity contribution in [1.29, 1.82) is 0 Å². The molecule has 17 heavy (non-hydrogen) atoms. The van der Waals surface area contributed by atoms with Gasteiger partial charge in [-0.2, -0.15) is 0 Å². The van der Waals surface area contributed by atoms with E-state index in [1.54, 1.807) is 25.3 Å². The summed E-state index contributed by atoms with van der Waals surface area (Å²) in [6.45, 7) is 2.13. The summed E-state index contributed by atoms with van der Waals surface area (Å²) in [7, 11) is 1.57. The number of nitrogens with one attached hydrogen (secondary N) is 1. The van der Waals surface area contributed by atoms with E-state index in [2.05, 4.69) is 5.32 Å². The third kappa shape index (κ3) is 4.54. The fraction of sp³-hybridized carbons (Fsp3) is 0.455. The van der Waals surface area contributed by atoms with E-state index < -0.39 is 6.04 Å². The highest BCUT2D eigenvalue weighted by atomic mass is 32.1. The molecule has 0 bridgehead atoms. The highest BCUT2D eigenvalue weighted by Gasteiger charge is 2.15. The number of rotatable bonds is 5. The van der Waals surface area contributed by atoms with Crippen LogP contribution in [-0.4, -0.2) is 36.3 Å². The highest BCUT2D eigenvalue weighted by molar-refractivity contribution is 7.09. The maximum atomic E-state index is 11.5. The average molecular weight is 255 g/mol. The first kappa shape index (κ1) is 13.7. The Morgan fingerprint density at radius 1 is 1.59 bits per heavy atom. The van der Waals surface area contributed by atoms with Gasteiger partial charge in [0.25, 0.3) is 0 Å². The number of hydrogen-bond donors (Lipinski definition) is 2. The van der Waals surface area contributed by atoms with Gasteiger partial charge in [-0.3, -0.25) is 9.59 Å². The minimum atomic E-state index is -0.579. The van der Waals surface area contributed by atoms with E-state index >= 15 is 0 Å². The molecule has 0 radical (unpaired) electrons. The summed E-state index contributed by atoms with van der Waals surface area (Å²) in [6.07, 6.45) is 0. The van der Waals surface area contributed by atoms with Crippen molar-refractivity contribution < 1.29 is 9.59 Å². The Morgan fingerprint density at radius 2 is 2.29 bits per heavy atom. The molecule has 2 amide bonds. The zero-order chi connectivity index (χ0) is 12.8. The third-order valence-electron chi connectivity index (χ3n) is 2.19. The number of carbonyl (C=O) groups is 2. The number of likely N-dealkylation sites (N-methyl/N-ethyl adjacent to an activating group) is 1. The minimum Gasteiger partial charge on any atom is -0.350 e. The number of thiophene rings is 1. The first-order valence-electron chi connectivity index (χ1n) is 5.30. The maximum absolute atomic E-state index is 11.5. The molecule has 0 fully saturated rings. The summed E-state index contributed by atoms with van der Waals surface area (Å²) >= 11 is 1.58. The van der Waals surface area contributed by atoms with Crippen molar-refractivity contribution in [3.05, 3.63) is 22.4 Å². The molecule has 6 heteroatoms. The Morgan fingerprint density at radius 3 is 2.82 bits per heavy atom. The molecule has 0 spiro atoms. The first-order valence-corrected chi connectivity index (χ1v) is 6.18. The topological polar surface area (TPSA) is 75.4 Å². The molecule has 1 rings (SSSR count). The molecule has 0 unspecified atom stereocenters. The quantitative estimate of drug-likeness (QED) is 0.787. The molecular weight excluding hydrogens is 238 g/mol. The molecule has 1 heterocycles. The molecule has 0 saturated heterocycles. The number of hydrogen-bond acceptors (Lipinski definition) is 4. The normalized spacial score (nSPS) is 11.9. The van der Waals surface area contributed by atoms with Gasteiger partial charge in [0.05, 0.1) is 19.1 Å². The summed E-state index contributed by atoms with van der Waals surface area (Å²) in [5.41, 5.74) is 5.44. The van der Waals surface area contributed by atoms with Gasteiger partial charge in [-0.15, -0.1) is 11.3 Å². The van der Waals surface area contributed by atoms with E-state index in [1.165, 1.54) is 4.90 Å². The Hall–Kier alpha value is -1.40. The second kappa shape index (κ2) is 6.36. The monoisotopic (exact) mass is 255 g/mol. The van der Waals surface area contributed by atoms with Crippen LogP contribution >= 0.6 is 11.3 Å². The van der Waals surface area contributed by atoms with E-state index in [0.29, 0.717) is 6.54 Å². The Labute approximate surface area is 105 Å². The van der Waals surface area contributed by atoms with E-state index in [4.69, 9.17) is 5.73 Å². The summed E-state index contributed by atoms with van der Waals surface area (Å²) in [6, 6.07) is 3.30. The number of amides is 2. The Kier molecular flexibility index (Phi) is 5.11. The largest absolute Gasteiger partial charge is 0.350 e. The summed E-state index contributed by atoms with van der Waals surface area (Å²) in [4.78, 5) is 25.4. The van der Waals surface area contributed by atoms with Crippen LogP contribution < -0.4 is 11.1 Å². The van der Waals surface area contributed by atoms with E-state index in [9.17, 15) is 9.59 Å². The van der Waals surface area contributed by atoms with Crippen LogP contribution in [0.25, 0.3) is 0 Å². The number of nitrogens with zero attached hydrogens (tertiary/aromatic N) is 1. The van der Waals surface area contributed by atoms with Gasteiger partial charge in [-0.1, -0.05) is 6.07 Å². The molecule has 0 aliphatic carbocycles. The van der Waals surface area contributed by atoms with Gasteiger partial charge < -0.3 is 16.0 Å². The van der Waals surface area contributed by atoms with Crippen LogP contribution in [0.1, 0.15) is 11.8 Å². The third-order valence-corrected chi connectivity index (χ3v) is 3.06. The van der Waals surface area contributed by atoms with Crippen molar-refractivity contribution in [1.82, 2.24) is 10.2 Å². The van der Waals surface area contributed by atoms with Gasteiger partial charge in [0.2, 0.25) is 11.8 Å². The highest BCUT2D eigenvalue weighted by Crippen LogP contribution is 2.07. The van der Waals surface area contributed by atoms with Crippen LogP contribution in [0, 0.1) is 0 Å². The molecule has 1 atom stereocenters. The van der Waals surface area contributed by atoms with Crippen LogP contribution in [-0.2, 0) is 16.1 Å². The summed E-state index contributed by atoms with van der Waals surface area (Å²) < 4.78 is 0. The summed E-state index contributed by atoms with van der Waals surface area (Å²) in [5, 5.41) is 4.70. The van der Waals surface area contributed by atoms with E-state index in [-0.39, 0.29) is 18.4 Å². The van der Waals surface area contributed by atoms with Crippen molar-refractivity contribution in [2.24, 2.45) is 5.73 Å². The molecule has 3 N–H and O–H groups in total. The van der Waals surface area contributed by atoms with Gasteiger partial charge in [0.15, 0.2) is 0 Å². The predicted molar refractivity (Wildman–Crippen MR) is 67.5 cm³/mol. The molecule has 1 aromatic heterocycles. The predicted octanol–water partition coefficient (Wildman–Crippen LogP) is 0.170. The van der Waals surface area contributed by atoms with Crippen molar-refractivity contribution in [2.45, 2.75) is 19.5 Å². The Balaban J connectivity index is 2.32. The molecule has 0 aromatic carbocycles. The standard InChI is InChI=1S/C11H17N3O2S/c1-8(12)11(16)14(2)7-10(15)13-6-9-4-3-5-17-9/h3-5,8H,6-7,12H2,1-2H3,(H,13,15)/t8-/m1/s1. The van der Waals surface area contributed by atoms with Crippen molar-refractivity contribution in [3.63, 3.8) is 0 Å². The van der Waals surface area contributed by atoms with Crippen LogP contribution in [0.4, 0.5) is 0 Å². The molecule has 5 nitrogen and oxygen atoms in total. The lowest BCUT2D eigenvalue weighted by Crippen LogP contribution is -2.44. The zero-order valence-electron chi connectivity index (χ0n) is 9.97. The average Bonchev–Trinajstić information content (AvgIpc) is 2.77. The molecule has 94 valence electrons. The SMILES string of the molecule is C[C@@H](N)C(=O)N(C)CC(=O)NCc1cccs1. The lowest BCUT2D eigenvalue weighted by Gasteiger charge is -2.18. The van der Waals surface area contributed by atoms with Gasteiger partial charge in [0.1, 0.15) is 0 Å².